The highest BCUT2D eigenvalue weighted by Gasteiger charge is 2.35. The molecule has 2 rings (SSSR count). The van der Waals surface area contributed by atoms with Crippen LogP contribution in [0.15, 0.2) is 4.99 Å². The molecule has 0 spiro atoms. The van der Waals surface area contributed by atoms with E-state index in [0.29, 0.717) is 58.3 Å². The fourth-order valence-electron chi connectivity index (χ4n) is 3.59. The van der Waals surface area contributed by atoms with Crippen molar-refractivity contribution in [2.24, 2.45) is 16.3 Å². The van der Waals surface area contributed by atoms with Crippen molar-refractivity contribution in [3.8, 4) is 0 Å². The Balaban J connectivity index is 0.00000364. The molecule has 0 aliphatic carbocycles. The molecule has 0 aromatic rings. The first kappa shape index (κ1) is 24.7. The number of hydrogen-bond acceptors (Lipinski definition) is 4. The van der Waals surface area contributed by atoms with Crippen molar-refractivity contribution in [1.82, 2.24) is 15.5 Å². The van der Waals surface area contributed by atoms with E-state index in [9.17, 15) is 18.3 Å². The van der Waals surface area contributed by atoms with Crippen molar-refractivity contribution in [2.45, 2.75) is 32.4 Å². The van der Waals surface area contributed by atoms with Gasteiger partial charge in [0.25, 0.3) is 0 Å². The zero-order valence-electron chi connectivity index (χ0n) is 15.9. The largest absolute Gasteiger partial charge is 0.401 e. The van der Waals surface area contributed by atoms with Crippen molar-refractivity contribution < 1.29 is 23.0 Å². The normalized spacial score (nSPS) is 26.9. The predicted octanol–water partition coefficient (Wildman–Crippen LogP) is 1.83. The molecule has 0 aromatic heterocycles. The highest BCUT2D eigenvalue weighted by Crippen LogP contribution is 2.32. The molecule has 0 amide bonds. The first-order valence-electron chi connectivity index (χ1n) is 9.36. The van der Waals surface area contributed by atoms with Gasteiger partial charge in [-0.15, -0.1) is 24.0 Å². The SMILES string of the molecule is CCNC(=NCC1(CCO)CCOC1)NCC1CCN(CC(F)(F)F)C1.I. The topological polar surface area (TPSA) is 69.1 Å². The van der Waals surface area contributed by atoms with Crippen LogP contribution in [0.2, 0.25) is 0 Å². The Labute approximate surface area is 176 Å². The second-order valence-corrected chi connectivity index (χ2v) is 7.36. The number of hydrogen-bond donors (Lipinski definition) is 3. The fourth-order valence-corrected chi connectivity index (χ4v) is 3.59. The Bertz CT molecular complexity index is 460. The molecule has 2 heterocycles. The number of aliphatic hydroxyl groups is 1. The van der Waals surface area contributed by atoms with E-state index in [0.717, 1.165) is 12.8 Å². The fraction of sp³-hybridized carbons (Fsp3) is 0.941. The van der Waals surface area contributed by atoms with Crippen molar-refractivity contribution in [2.75, 3.05) is 59.1 Å². The van der Waals surface area contributed by atoms with Crippen LogP contribution in [-0.2, 0) is 4.74 Å². The minimum Gasteiger partial charge on any atom is -0.396 e. The van der Waals surface area contributed by atoms with Gasteiger partial charge in [0.15, 0.2) is 5.96 Å². The van der Waals surface area contributed by atoms with Gasteiger partial charge in [0.05, 0.1) is 19.7 Å². The van der Waals surface area contributed by atoms with Crippen LogP contribution in [0.1, 0.15) is 26.2 Å². The third kappa shape index (κ3) is 8.70. The molecule has 2 unspecified atom stereocenters. The number of rotatable bonds is 8. The van der Waals surface area contributed by atoms with Crippen LogP contribution in [0.3, 0.4) is 0 Å². The van der Waals surface area contributed by atoms with Gasteiger partial charge < -0.3 is 20.5 Å². The van der Waals surface area contributed by atoms with Crippen LogP contribution in [0.4, 0.5) is 13.2 Å². The van der Waals surface area contributed by atoms with Crippen LogP contribution in [-0.4, -0.2) is 81.2 Å². The molecular weight excluding hydrogens is 476 g/mol. The van der Waals surface area contributed by atoms with Gasteiger partial charge in [-0.05, 0) is 38.6 Å². The van der Waals surface area contributed by atoms with Gasteiger partial charge in [-0.3, -0.25) is 9.89 Å². The molecule has 2 aliphatic rings. The molecule has 0 aromatic carbocycles. The zero-order chi connectivity index (χ0) is 19.0. The number of guanidine groups is 1. The predicted molar refractivity (Wildman–Crippen MR) is 110 cm³/mol. The summed E-state index contributed by atoms with van der Waals surface area (Å²) in [7, 11) is 0. The average Bonchev–Trinajstić information content (AvgIpc) is 3.19. The maximum atomic E-state index is 12.5. The third-order valence-electron chi connectivity index (χ3n) is 5.07. The Morgan fingerprint density at radius 1 is 1.37 bits per heavy atom. The van der Waals surface area contributed by atoms with E-state index in [4.69, 9.17) is 4.74 Å². The molecule has 0 radical (unpaired) electrons. The number of alkyl halides is 3. The molecule has 0 bridgehead atoms. The van der Waals surface area contributed by atoms with E-state index in [1.807, 2.05) is 6.92 Å². The average molecular weight is 508 g/mol. The van der Waals surface area contributed by atoms with E-state index >= 15 is 0 Å². The summed E-state index contributed by atoms with van der Waals surface area (Å²) in [6.07, 6.45) is -1.84. The summed E-state index contributed by atoms with van der Waals surface area (Å²) in [5.41, 5.74) is -0.117. The summed E-state index contributed by atoms with van der Waals surface area (Å²) < 4.78 is 42.9. The lowest BCUT2D eigenvalue weighted by molar-refractivity contribution is -0.143. The van der Waals surface area contributed by atoms with Gasteiger partial charge in [-0.1, -0.05) is 0 Å². The summed E-state index contributed by atoms with van der Waals surface area (Å²) in [5.74, 6) is 0.855. The lowest BCUT2D eigenvalue weighted by atomic mass is 9.84. The summed E-state index contributed by atoms with van der Waals surface area (Å²) in [6.45, 7) is 5.35. The Morgan fingerprint density at radius 2 is 2.15 bits per heavy atom. The van der Waals surface area contributed by atoms with E-state index in [1.165, 1.54) is 4.90 Å². The van der Waals surface area contributed by atoms with Crippen LogP contribution in [0.25, 0.3) is 0 Å². The van der Waals surface area contributed by atoms with Gasteiger partial charge in [-0.2, -0.15) is 13.2 Å². The first-order chi connectivity index (χ1) is 12.4. The molecule has 160 valence electrons. The van der Waals surface area contributed by atoms with E-state index < -0.39 is 12.7 Å². The molecule has 2 fully saturated rings. The number of likely N-dealkylation sites (tertiary alicyclic amines) is 1. The molecule has 0 saturated carbocycles. The van der Waals surface area contributed by atoms with Crippen LogP contribution < -0.4 is 10.6 Å². The smallest absolute Gasteiger partial charge is 0.396 e. The van der Waals surface area contributed by atoms with E-state index in [2.05, 4.69) is 15.6 Å². The highest BCUT2D eigenvalue weighted by molar-refractivity contribution is 14.0. The number of halogens is 4. The van der Waals surface area contributed by atoms with Gasteiger partial charge in [0, 0.05) is 38.3 Å². The second-order valence-electron chi connectivity index (χ2n) is 7.36. The van der Waals surface area contributed by atoms with Gasteiger partial charge in [0.1, 0.15) is 0 Å². The molecule has 2 aliphatic heterocycles. The number of aliphatic imine (C=N–C) groups is 1. The highest BCUT2D eigenvalue weighted by atomic mass is 127. The summed E-state index contributed by atoms with van der Waals surface area (Å²) >= 11 is 0. The van der Waals surface area contributed by atoms with Crippen molar-refractivity contribution in [3.63, 3.8) is 0 Å². The number of ether oxygens (including phenoxy) is 1. The molecule has 2 saturated heterocycles. The number of nitrogens with zero attached hydrogens (tertiary/aromatic N) is 2. The molecule has 6 nitrogen and oxygen atoms in total. The maximum absolute atomic E-state index is 12.5. The van der Waals surface area contributed by atoms with Crippen molar-refractivity contribution in [3.05, 3.63) is 0 Å². The van der Waals surface area contributed by atoms with Crippen LogP contribution in [0, 0.1) is 11.3 Å². The minimum atomic E-state index is -4.14. The van der Waals surface area contributed by atoms with E-state index in [-0.39, 0.29) is 41.9 Å². The molecule has 3 N–H and O–H groups in total. The molecule has 27 heavy (non-hydrogen) atoms. The number of nitrogens with one attached hydrogen (secondary N) is 2. The summed E-state index contributed by atoms with van der Waals surface area (Å²) in [6, 6.07) is 0. The van der Waals surface area contributed by atoms with Crippen LogP contribution >= 0.6 is 24.0 Å². The minimum absolute atomic E-state index is 0. The van der Waals surface area contributed by atoms with Gasteiger partial charge in [-0.25, -0.2) is 0 Å². The molecular formula is C17H32F3IN4O2. The van der Waals surface area contributed by atoms with Crippen LogP contribution in [0.5, 0.6) is 0 Å². The monoisotopic (exact) mass is 508 g/mol. The van der Waals surface area contributed by atoms with Crippen molar-refractivity contribution >= 4 is 29.9 Å². The molecule has 10 heteroatoms. The van der Waals surface area contributed by atoms with Gasteiger partial charge >= 0.3 is 6.18 Å². The maximum Gasteiger partial charge on any atom is 0.401 e. The Morgan fingerprint density at radius 3 is 2.74 bits per heavy atom. The lowest BCUT2D eigenvalue weighted by Crippen LogP contribution is -2.41. The third-order valence-corrected chi connectivity index (χ3v) is 5.07. The Hall–Kier alpha value is -0.330. The number of aliphatic hydroxyl groups excluding tert-OH is 1. The summed E-state index contributed by atoms with van der Waals surface area (Å²) in [4.78, 5) is 6.10. The van der Waals surface area contributed by atoms with E-state index in [1.54, 1.807) is 0 Å². The summed E-state index contributed by atoms with van der Waals surface area (Å²) in [5, 5.41) is 15.7. The lowest BCUT2D eigenvalue weighted by Gasteiger charge is -2.25. The quantitative estimate of drug-likeness (QED) is 0.265. The standard InChI is InChI=1S/C17H31F3N4O2.HI/c1-2-21-15(23-11-16(4-7-25)5-8-26-13-16)22-9-14-3-6-24(10-14)12-17(18,19)20;/h14,25H,2-13H2,1H3,(H2,21,22,23);1H. The second kappa shape index (κ2) is 11.6. The Kier molecular flexibility index (Phi) is 10.6. The first-order valence-corrected chi connectivity index (χ1v) is 9.36. The van der Waals surface area contributed by atoms with Gasteiger partial charge in [0.2, 0.25) is 0 Å². The zero-order valence-corrected chi connectivity index (χ0v) is 18.2. The molecule has 2 atom stereocenters. The van der Waals surface area contributed by atoms with Crippen molar-refractivity contribution in [1.29, 1.82) is 0 Å².